The molecule has 5 nitrogen and oxygen atoms in total. The van der Waals surface area contributed by atoms with Gasteiger partial charge in [-0.2, -0.15) is 5.26 Å². The molecule has 1 aliphatic rings. The molecular formula is C23H27FN4O. The molecule has 0 aliphatic carbocycles. The van der Waals surface area contributed by atoms with Crippen molar-refractivity contribution in [3.63, 3.8) is 0 Å². The molecule has 1 aliphatic heterocycles. The third-order valence-electron chi connectivity index (χ3n) is 4.96. The van der Waals surface area contributed by atoms with Gasteiger partial charge < -0.3 is 15.0 Å². The summed E-state index contributed by atoms with van der Waals surface area (Å²) in [5.74, 6) is 0.887. The summed E-state index contributed by atoms with van der Waals surface area (Å²) in [6, 6.07) is 16.6. The van der Waals surface area contributed by atoms with E-state index in [9.17, 15) is 4.39 Å². The first-order valence-corrected chi connectivity index (χ1v) is 10.0. The van der Waals surface area contributed by atoms with Crippen LogP contribution >= 0.6 is 0 Å². The summed E-state index contributed by atoms with van der Waals surface area (Å²) in [4.78, 5) is 6.81. The highest BCUT2D eigenvalue weighted by Gasteiger charge is 2.25. The lowest BCUT2D eigenvalue weighted by molar-refractivity contribution is 0.0906. The van der Waals surface area contributed by atoms with Crippen LogP contribution in [0.15, 0.2) is 53.5 Å². The predicted molar refractivity (Wildman–Crippen MR) is 112 cm³/mol. The minimum Gasteiger partial charge on any atom is -0.376 e. The molecule has 0 amide bonds. The Morgan fingerprint density at radius 3 is 2.90 bits per heavy atom. The van der Waals surface area contributed by atoms with Crippen molar-refractivity contribution < 1.29 is 9.13 Å². The van der Waals surface area contributed by atoms with Gasteiger partial charge in [0.25, 0.3) is 0 Å². The molecule has 3 rings (SSSR count). The smallest absolute Gasteiger partial charge is 0.194 e. The minimum atomic E-state index is -0.336. The number of benzene rings is 2. The van der Waals surface area contributed by atoms with E-state index in [0.29, 0.717) is 30.3 Å². The van der Waals surface area contributed by atoms with E-state index in [1.54, 1.807) is 6.07 Å². The summed E-state index contributed by atoms with van der Waals surface area (Å²) in [6.07, 6.45) is 1.04. The fourth-order valence-electron chi connectivity index (χ4n) is 3.43. The molecule has 1 fully saturated rings. The summed E-state index contributed by atoms with van der Waals surface area (Å²) in [5.41, 5.74) is 2.05. The van der Waals surface area contributed by atoms with Crippen LogP contribution in [-0.4, -0.2) is 37.1 Å². The fraction of sp³-hybridized carbons (Fsp3) is 0.391. The first-order valence-electron chi connectivity index (χ1n) is 10.0. The molecule has 0 aromatic heterocycles. The second-order valence-electron chi connectivity index (χ2n) is 7.19. The van der Waals surface area contributed by atoms with Crippen LogP contribution in [0.3, 0.4) is 0 Å². The van der Waals surface area contributed by atoms with E-state index in [1.807, 2.05) is 31.2 Å². The molecular weight excluding hydrogens is 367 g/mol. The van der Waals surface area contributed by atoms with Crippen LogP contribution in [0.4, 0.5) is 4.39 Å². The maximum Gasteiger partial charge on any atom is 0.194 e. The van der Waals surface area contributed by atoms with Crippen LogP contribution in [0.25, 0.3) is 0 Å². The van der Waals surface area contributed by atoms with Crippen molar-refractivity contribution in [2.75, 3.05) is 26.2 Å². The van der Waals surface area contributed by atoms with Crippen molar-refractivity contribution in [3.05, 3.63) is 71.0 Å². The second-order valence-corrected chi connectivity index (χ2v) is 7.19. The van der Waals surface area contributed by atoms with E-state index in [1.165, 1.54) is 17.7 Å². The largest absolute Gasteiger partial charge is 0.376 e. The Kier molecular flexibility index (Phi) is 7.60. The van der Waals surface area contributed by atoms with E-state index >= 15 is 0 Å². The third-order valence-corrected chi connectivity index (χ3v) is 4.96. The van der Waals surface area contributed by atoms with Gasteiger partial charge in [-0.3, -0.25) is 0 Å². The standard InChI is InChI=1S/C23H27FN4O/c1-2-26-23(27-14-21-12-19(13-25)8-9-22(21)24)28-11-10-20(15-28)17-29-16-18-6-4-3-5-7-18/h3-9,12,20H,2,10-11,14-17H2,1H3,(H,26,27). The van der Waals surface area contributed by atoms with Gasteiger partial charge >= 0.3 is 0 Å². The molecule has 0 bridgehead atoms. The Hall–Kier alpha value is -2.91. The lowest BCUT2D eigenvalue weighted by Gasteiger charge is -2.21. The molecule has 0 radical (unpaired) electrons. The number of hydrogen-bond donors (Lipinski definition) is 1. The van der Waals surface area contributed by atoms with E-state index < -0.39 is 0 Å². The second kappa shape index (κ2) is 10.6. The highest BCUT2D eigenvalue weighted by atomic mass is 19.1. The number of hydrogen-bond acceptors (Lipinski definition) is 3. The van der Waals surface area contributed by atoms with Gasteiger partial charge in [0.05, 0.1) is 31.4 Å². The van der Waals surface area contributed by atoms with Crippen LogP contribution < -0.4 is 5.32 Å². The van der Waals surface area contributed by atoms with Crippen molar-refractivity contribution >= 4 is 5.96 Å². The van der Waals surface area contributed by atoms with E-state index in [2.05, 4.69) is 27.3 Å². The highest BCUT2D eigenvalue weighted by Crippen LogP contribution is 2.18. The number of guanidine groups is 1. The first-order chi connectivity index (χ1) is 14.2. The highest BCUT2D eigenvalue weighted by molar-refractivity contribution is 5.80. The molecule has 2 aromatic carbocycles. The summed E-state index contributed by atoms with van der Waals surface area (Å²) in [6.45, 7) is 6.06. The van der Waals surface area contributed by atoms with Crippen LogP contribution in [0.2, 0.25) is 0 Å². The summed E-state index contributed by atoms with van der Waals surface area (Å²) >= 11 is 0. The Labute approximate surface area is 171 Å². The molecule has 1 heterocycles. The Morgan fingerprint density at radius 2 is 2.14 bits per heavy atom. The molecule has 6 heteroatoms. The van der Waals surface area contributed by atoms with Crippen molar-refractivity contribution in [1.82, 2.24) is 10.2 Å². The summed E-state index contributed by atoms with van der Waals surface area (Å²) in [7, 11) is 0. The Bertz CT molecular complexity index is 863. The molecule has 0 saturated carbocycles. The van der Waals surface area contributed by atoms with Gasteiger partial charge in [0.15, 0.2) is 5.96 Å². The number of nitrogens with one attached hydrogen (secondary N) is 1. The lowest BCUT2D eigenvalue weighted by atomic mass is 10.1. The maximum atomic E-state index is 14.0. The number of halogens is 1. The zero-order valence-electron chi connectivity index (χ0n) is 16.8. The van der Waals surface area contributed by atoms with Crippen LogP contribution in [0.1, 0.15) is 30.0 Å². The van der Waals surface area contributed by atoms with Crippen molar-refractivity contribution in [1.29, 1.82) is 5.26 Å². The third kappa shape index (κ3) is 6.03. The quantitative estimate of drug-likeness (QED) is 0.575. The molecule has 2 aromatic rings. The van der Waals surface area contributed by atoms with E-state index in [0.717, 1.165) is 32.0 Å². The summed E-state index contributed by atoms with van der Waals surface area (Å²) in [5, 5.41) is 12.3. The fourth-order valence-corrected chi connectivity index (χ4v) is 3.43. The number of likely N-dealkylation sites (tertiary alicyclic amines) is 1. The average Bonchev–Trinajstić information content (AvgIpc) is 3.21. The Morgan fingerprint density at radius 1 is 1.31 bits per heavy atom. The van der Waals surface area contributed by atoms with Gasteiger partial charge in [-0.15, -0.1) is 0 Å². The number of aliphatic imine (C=N–C) groups is 1. The van der Waals surface area contributed by atoms with Crippen LogP contribution in [0, 0.1) is 23.1 Å². The van der Waals surface area contributed by atoms with Gasteiger partial charge in [0.2, 0.25) is 0 Å². The predicted octanol–water partition coefficient (Wildman–Crippen LogP) is 3.70. The zero-order chi connectivity index (χ0) is 20.5. The first kappa shape index (κ1) is 20.8. The normalized spacial score (nSPS) is 16.7. The lowest BCUT2D eigenvalue weighted by Crippen LogP contribution is -2.40. The van der Waals surface area contributed by atoms with Gasteiger partial charge in [0.1, 0.15) is 5.82 Å². The van der Waals surface area contributed by atoms with Gasteiger partial charge in [0, 0.05) is 31.1 Å². The SMILES string of the molecule is CCNC(=NCc1cc(C#N)ccc1F)N1CCC(COCc2ccccc2)C1. The Balaban J connectivity index is 1.55. The van der Waals surface area contributed by atoms with E-state index in [4.69, 9.17) is 10.00 Å². The monoisotopic (exact) mass is 394 g/mol. The summed E-state index contributed by atoms with van der Waals surface area (Å²) < 4.78 is 19.9. The van der Waals surface area contributed by atoms with Crippen molar-refractivity contribution in [3.8, 4) is 6.07 Å². The van der Waals surface area contributed by atoms with Gasteiger partial charge in [-0.05, 0) is 37.1 Å². The zero-order valence-corrected chi connectivity index (χ0v) is 16.8. The van der Waals surface area contributed by atoms with Crippen LogP contribution in [0.5, 0.6) is 0 Å². The number of rotatable bonds is 7. The molecule has 1 atom stereocenters. The van der Waals surface area contributed by atoms with Gasteiger partial charge in [-0.1, -0.05) is 30.3 Å². The molecule has 1 N–H and O–H groups in total. The van der Waals surface area contributed by atoms with Gasteiger partial charge in [-0.25, -0.2) is 9.38 Å². The number of ether oxygens (including phenoxy) is 1. The molecule has 29 heavy (non-hydrogen) atoms. The maximum absolute atomic E-state index is 14.0. The molecule has 1 unspecified atom stereocenters. The van der Waals surface area contributed by atoms with Crippen molar-refractivity contribution in [2.24, 2.45) is 10.9 Å². The minimum absolute atomic E-state index is 0.204. The molecule has 0 spiro atoms. The topological polar surface area (TPSA) is 60.7 Å². The number of nitriles is 1. The van der Waals surface area contributed by atoms with E-state index in [-0.39, 0.29) is 12.4 Å². The average molecular weight is 394 g/mol. The van der Waals surface area contributed by atoms with Crippen molar-refractivity contribution in [2.45, 2.75) is 26.5 Å². The number of nitrogens with zero attached hydrogens (tertiary/aromatic N) is 3. The van der Waals surface area contributed by atoms with Crippen LogP contribution in [-0.2, 0) is 17.9 Å². The molecule has 1 saturated heterocycles. The molecule has 152 valence electrons.